The van der Waals surface area contributed by atoms with Gasteiger partial charge in [-0.1, -0.05) is 25.1 Å². The Hall–Kier alpha value is -4.37. The molecule has 9 heteroatoms. The maximum atomic E-state index is 13.0. The van der Waals surface area contributed by atoms with Crippen molar-refractivity contribution in [1.29, 1.82) is 0 Å². The Kier molecular flexibility index (Phi) is 6.55. The maximum Gasteiger partial charge on any atom is 0.255 e. The molecular weight excluding hydrogens is 472 g/mol. The Morgan fingerprint density at radius 3 is 2.67 bits per heavy atom. The molecule has 0 aliphatic rings. The fourth-order valence-electron chi connectivity index (χ4n) is 3.90. The SMILES string of the molecule is CC[C@@H](NC(=O)c1ccc2cnccc2c1)c1cnc(-c2cccc(C(=O)Nc3cnn(C)c3)c2)s1. The molecule has 2 amide bonds. The molecule has 0 saturated carbocycles. The van der Waals surface area contributed by atoms with Crippen LogP contribution < -0.4 is 10.6 Å². The van der Waals surface area contributed by atoms with Crippen LogP contribution in [0, 0.1) is 0 Å². The van der Waals surface area contributed by atoms with Gasteiger partial charge in [-0.3, -0.25) is 19.3 Å². The van der Waals surface area contributed by atoms with E-state index in [1.54, 1.807) is 48.8 Å². The summed E-state index contributed by atoms with van der Waals surface area (Å²) < 4.78 is 1.63. The molecule has 5 rings (SSSR count). The lowest BCUT2D eigenvalue weighted by Crippen LogP contribution is -2.27. The molecule has 3 aromatic heterocycles. The second-order valence-electron chi connectivity index (χ2n) is 8.38. The van der Waals surface area contributed by atoms with E-state index in [4.69, 9.17) is 0 Å². The quantitative estimate of drug-likeness (QED) is 0.321. The third-order valence-corrected chi connectivity index (χ3v) is 6.98. The van der Waals surface area contributed by atoms with Gasteiger partial charge in [0.15, 0.2) is 0 Å². The fraction of sp³-hybridized carbons (Fsp3) is 0.148. The zero-order chi connectivity index (χ0) is 25.1. The Balaban J connectivity index is 1.31. The van der Waals surface area contributed by atoms with Crippen LogP contribution in [-0.4, -0.2) is 31.6 Å². The first-order chi connectivity index (χ1) is 17.5. The van der Waals surface area contributed by atoms with E-state index >= 15 is 0 Å². The first kappa shape index (κ1) is 23.4. The van der Waals surface area contributed by atoms with Gasteiger partial charge in [0.25, 0.3) is 11.8 Å². The summed E-state index contributed by atoms with van der Waals surface area (Å²) >= 11 is 1.51. The molecule has 180 valence electrons. The van der Waals surface area contributed by atoms with Gasteiger partial charge in [0, 0.05) is 58.8 Å². The van der Waals surface area contributed by atoms with E-state index in [-0.39, 0.29) is 17.9 Å². The molecule has 0 radical (unpaired) electrons. The molecule has 1 atom stereocenters. The number of hydrogen-bond acceptors (Lipinski definition) is 6. The molecule has 0 aliphatic carbocycles. The van der Waals surface area contributed by atoms with Crippen molar-refractivity contribution in [2.75, 3.05) is 5.32 Å². The summed E-state index contributed by atoms with van der Waals surface area (Å²) in [5.74, 6) is -0.351. The van der Waals surface area contributed by atoms with Crippen molar-refractivity contribution in [3.63, 3.8) is 0 Å². The normalized spacial score (nSPS) is 11.8. The number of anilines is 1. The number of amides is 2. The van der Waals surface area contributed by atoms with Gasteiger partial charge >= 0.3 is 0 Å². The van der Waals surface area contributed by atoms with Crippen LogP contribution in [0.25, 0.3) is 21.3 Å². The lowest BCUT2D eigenvalue weighted by molar-refractivity contribution is 0.0935. The Bertz CT molecular complexity index is 1560. The minimum Gasteiger partial charge on any atom is -0.344 e. The number of benzene rings is 2. The first-order valence-corrected chi connectivity index (χ1v) is 12.3. The summed E-state index contributed by atoms with van der Waals surface area (Å²) in [4.78, 5) is 35.3. The van der Waals surface area contributed by atoms with Gasteiger partial charge in [0.05, 0.1) is 17.9 Å². The molecule has 0 spiro atoms. The number of carbonyl (C=O) groups is 2. The van der Waals surface area contributed by atoms with E-state index in [1.165, 1.54) is 11.3 Å². The summed E-state index contributed by atoms with van der Waals surface area (Å²) in [6, 6.07) is 14.6. The molecule has 2 aromatic carbocycles. The Morgan fingerprint density at radius 1 is 1.00 bits per heavy atom. The highest BCUT2D eigenvalue weighted by atomic mass is 32.1. The van der Waals surface area contributed by atoms with E-state index in [9.17, 15) is 9.59 Å². The molecule has 3 heterocycles. The van der Waals surface area contributed by atoms with E-state index in [0.29, 0.717) is 16.8 Å². The largest absolute Gasteiger partial charge is 0.344 e. The van der Waals surface area contributed by atoms with Crippen molar-refractivity contribution in [3.05, 3.63) is 95.5 Å². The number of hydrogen-bond donors (Lipinski definition) is 2. The van der Waals surface area contributed by atoms with Gasteiger partial charge in [0.1, 0.15) is 5.01 Å². The van der Waals surface area contributed by atoms with Crippen molar-refractivity contribution < 1.29 is 9.59 Å². The number of thiazole rings is 1. The second kappa shape index (κ2) is 10.1. The molecule has 0 unspecified atom stereocenters. The maximum absolute atomic E-state index is 13.0. The smallest absolute Gasteiger partial charge is 0.255 e. The number of aromatic nitrogens is 4. The minimum absolute atomic E-state index is 0.135. The van der Waals surface area contributed by atoms with E-state index < -0.39 is 0 Å². The topological polar surface area (TPSA) is 102 Å². The third kappa shape index (κ3) is 5.01. The average molecular weight is 497 g/mol. The summed E-state index contributed by atoms with van der Waals surface area (Å²) in [5, 5.41) is 12.8. The van der Waals surface area contributed by atoms with Gasteiger partial charge in [-0.25, -0.2) is 4.98 Å². The van der Waals surface area contributed by atoms with E-state index in [1.807, 2.05) is 49.4 Å². The van der Waals surface area contributed by atoms with Crippen molar-refractivity contribution in [2.24, 2.45) is 7.05 Å². The average Bonchev–Trinajstić information content (AvgIpc) is 3.56. The highest BCUT2D eigenvalue weighted by Crippen LogP contribution is 2.31. The predicted octanol–water partition coefficient (Wildman–Crippen LogP) is 5.23. The zero-order valence-electron chi connectivity index (χ0n) is 19.8. The molecule has 0 bridgehead atoms. The number of nitrogens with zero attached hydrogens (tertiary/aromatic N) is 4. The van der Waals surface area contributed by atoms with Gasteiger partial charge in [-0.05, 0) is 42.1 Å². The second-order valence-corrected chi connectivity index (χ2v) is 9.44. The van der Waals surface area contributed by atoms with Crippen LogP contribution in [0.5, 0.6) is 0 Å². The van der Waals surface area contributed by atoms with Crippen LogP contribution in [0.1, 0.15) is 45.0 Å². The molecule has 0 aliphatic heterocycles. The monoisotopic (exact) mass is 496 g/mol. The van der Waals surface area contributed by atoms with Crippen LogP contribution in [-0.2, 0) is 7.05 Å². The molecule has 36 heavy (non-hydrogen) atoms. The van der Waals surface area contributed by atoms with Gasteiger partial charge in [-0.2, -0.15) is 5.10 Å². The summed E-state index contributed by atoms with van der Waals surface area (Å²) in [6.45, 7) is 2.03. The highest BCUT2D eigenvalue weighted by Gasteiger charge is 2.18. The number of carbonyl (C=O) groups excluding carboxylic acids is 2. The molecule has 0 fully saturated rings. The van der Waals surface area contributed by atoms with Crippen molar-refractivity contribution in [3.8, 4) is 10.6 Å². The number of pyridine rings is 1. The number of rotatable bonds is 7. The lowest BCUT2D eigenvalue weighted by atomic mass is 10.1. The molecule has 5 aromatic rings. The van der Waals surface area contributed by atoms with Crippen LogP contribution in [0.4, 0.5) is 5.69 Å². The standard InChI is InChI=1S/C27H24N6O2S/c1-3-23(32-26(35)19-7-8-21-13-28-10-9-17(21)11-19)24-15-29-27(36-24)20-6-4-5-18(12-20)25(34)31-22-14-30-33(2)16-22/h4-16,23H,3H2,1-2H3,(H,31,34)(H,32,35)/t23-/m1/s1. The number of fused-ring (bicyclic) bond motifs is 1. The van der Waals surface area contributed by atoms with Crippen LogP contribution in [0.2, 0.25) is 0 Å². The van der Waals surface area contributed by atoms with Gasteiger partial charge in [-0.15, -0.1) is 11.3 Å². The first-order valence-electron chi connectivity index (χ1n) is 11.5. The Morgan fingerprint density at radius 2 is 1.86 bits per heavy atom. The Labute approximate surface area is 212 Å². The molecule has 2 N–H and O–H groups in total. The minimum atomic E-state index is -0.216. The van der Waals surface area contributed by atoms with Crippen molar-refractivity contribution in [1.82, 2.24) is 25.1 Å². The zero-order valence-corrected chi connectivity index (χ0v) is 20.6. The van der Waals surface area contributed by atoms with Crippen molar-refractivity contribution >= 4 is 39.6 Å². The lowest BCUT2D eigenvalue weighted by Gasteiger charge is -2.15. The predicted molar refractivity (Wildman–Crippen MR) is 141 cm³/mol. The third-order valence-electron chi connectivity index (χ3n) is 5.82. The van der Waals surface area contributed by atoms with Gasteiger partial charge in [0.2, 0.25) is 0 Å². The number of aryl methyl sites for hydroxylation is 1. The summed E-state index contributed by atoms with van der Waals surface area (Å²) in [7, 11) is 1.79. The van der Waals surface area contributed by atoms with Crippen LogP contribution >= 0.6 is 11.3 Å². The van der Waals surface area contributed by atoms with Crippen LogP contribution in [0.3, 0.4) is 0 Å². The summed E-state index contributed by atoms with van der Waals surface area (Å²) in [5.41, 5.74) is 2.60. The van der Waals surface area contributed by atoms with Crippen molar-refractivity contribution in [2.45, 2.75) is 19.4 Å². The number of nitrogens with one attached hydrogen (secondary N) is 2. The van der Waals surface area contributed by atoms with E-state index in [0.717, 1.165) is 32.6 Å². The highest BCUT2D eigenvalue weighted by molar-refractivity contribution is 7.15. The van der Waals surface area contributed by atoms with Gasteiger partial charge < -0.3 is 10.6 Å². The summed E-state index contributed by atoms with van der Waals surface area (Å²) in [6.07, 6.45) is 9.35. The fourth-order valence-corrected chi connectivity index (χ4v) is 4.95. The van der Waals surface area contributed by atoms with E-state index in [2.05, 4.69) is 25.7 Å². The molecule has 0 saturated heterocycles. The molecular formula is C27H24N6O2S. The van der Waals surface area contributed by atoms with Crippen LogP contribution in [0.15, 0.2) is 79.5 Å². The molecule has 8 nitrogen and oxygen atoms in total.